The lowest BCUT2D eigenvalue weighted by Gasteiger charge is -2.00. The number of hydrogen-bond donors (Lipinski definition) is 0. The van der Waals surface area contributed by atoms with Crippen LogP contribution in [0.15, 0.2) is 36.9 Å². The summed E-state index contributed by atoms with van der Waals surface area (Å²) < 4.78 is 4.93. The predicted molar refractivity (Wildman–Crippen MR) is 56.3 cm³/mol. The van der Waals surface area contributed by atoms with Crippen molar-refractivity contribution in [3.05, 3.63) is 47.5 Å². The van der Waals surface area contributed by atoms with Crippen LogP contribution >= 0.6 is 0 Å². The van der Waals surface area contributed by atoms with Gasteiger partial charge in [-0.1, -0.05) is 18.2 Å². The lowest BCUT2D eigenvalue weighted by atomic mass is 10.2. The average Bonchev–Trinajstić information content (AvgIpc) is 2.29. The van der Waals surface area contributed by atoms with Gasteiger partial charge in [0.2, 0.25) is 5.39 Å². The first kappa shape index (κ1) is 14.1. The molecule has 1 aromatic carbocycles. The van der Waals surface area contributed by atoms with Crippen LogP contribution in [0.1, 0.15) is 16.8 Å². The van der Waals surface area contributed by atoms with Crippen molar-refractivity contribution in [2.45, 2.75) is 6.42 Å². The topological polar surface area (TPSA) is 54.5 Å². The van der Waals surface area contributed by atoms with Crippen LogP contribution < -0.4 is 12.4 Å². The Balaban J connectivity index is 0.00000225. The Bertz CT molecular complexity index is 413. The van der Waals surface area contributed by atoms with Gasteiger partial charge in [0.1, 0.15) is 0 Å². The molecule has 0 atom stereocenters. The molecule has 0 aliphatic heterocycles. The number of nitrogens with zero attached hydrogens (tertiary/aromatic N) is 2. The molecule has 5 heteroatoms. The standard InChI is InChI=1S/C11H11N2O2.ClH/c1-2-3-8-15-11(14)9-6-4-5-7-10(9)13-12;/h2,4-7H,1,3,8H2;1H/q+1;/p-1. The van der Waals surface area contributed by atoms with Crippen molar-refractivity contribution in [1.29, 1.82) is 5.39 Å². The summed E-state index contributed by atoms with van der Waals surface area (Å²) in [5.74, 6) is -0.495. The number of hydrogen-bond acceptors (Lipinski definition) is 3. The van der Waals surface area contributed by atoms with Gasteiger partial charge >= 0.3 is 11.7 Å². The van der Waals surface area contributed by atoms with Crippen molar-refractivity contribution in [1.82, 2.24) is 0 Å². The number of carbonyl (C=O) groups excluding carboxylic acids is 1. The van der Waals surface area contributed by atoms with E-state index in [-0.39, 0.29) is 30.3 Å². The van der Waals surface area contributed by atoms with Crippen molar-refractivity contribution >= 4 is 11.7 Å². The first-order valence-corrected chi connectivity index (χ1v) is 4.51. The molecule has 84 valence electrons. The summed E-state index contributed by atoms with van der Waals surface area (Å²) in [7, 11) is 0. The Morgan fingerprint density at radius 2 is 2.19 bits per heavy atom. The number of benzene rings is 1. The van der Waals surface area contributed by atoms with Crippen molar-refractivity contribution in [3.8, 4) is 0 Å². The molecule has 0 spiro atoms. The number of diazo groups is 1. The summed E-state index contributed by atoms with van der Waals surface area (Å²) in [5.41, 5.74) is 0.463. The average molecular weight is 239 g/mol. The van der Waals surface area contributed by atoms with Gasteiger partial charge in [-0.3, -0.25) is 0 Å². The Morgan fingerprint density at radius 1 is 1.50 bits per heavy atom. The van der Waals surface area contributed by atoms with E-state index in [4.69, 9.17) is 10.1 Å². The second-order valence-electron chi connectivity index (χ2n) is 2.83. The lowest BCUT2D eigenvalue weighted by Crippen LogP contribution is -3.00. The Kier molecular flexibility index (Phi) is 6.57. The van der Waals surface area contributed by atoms with Crippen LogP contribution in [0.3, 0.4) is 0 Å². The van der Waals surface area contributed by atoms with Gasteiger partial charge in [0.05, 0.1) is 6.61 Å². The third kappa shape index (κ3) is 3.71. The van der Waals surface area contributed by atoms with Crippen molar-refractivity contribution in [2.75, 3.05) is 6.61 Å². The van der Waals surface area contributed by atoms with Crippen LogP contribution in [0.5, 0.6) is 0 Å². The molecule has 0 radical (unpaired) electrons. The van der Waals surface area contributed by atoms with E-state index in [2.05, 4.69) is 11.6 Å². The van der Waals surface area contributed by atoms with Crippen LogP contribution in [0, 0.1) is 5.39 Å². The number of rotatable bonds is 4. The third-order valence-corrected chi connectivity index (χ3v) is 1.79. The summed E-state index contributed by atoms with van der Waals surface area (Å²) in [6.45, 7) is 3.79. The van der Waals surface area contributed by atoms with E-state index in [1.807, 2.05) is 0 Å². The fourth-order valence-corrected chi connectivity index (χ4v) is 1.05. The molecule has 0 unspecified atom stereocenters. The molecule has 0 bridgehead atoms. The summed E-state index contributed by atoms with van der Waals surface area (Å²) in [4.78, 5) is 14.5. The van der Waals surface area contributed by atoms with Crippen LogP contribution in [0.4, 0.5) is 5.69 Å². The fourth-order valence-electron chi connectivity index (χ4n) is 1.05. The number of halogens is 1. The van der Waals surface area contributed by atoms with E-state index in [9.17, 15) is 4.79 Å². The summed E-state index contributed by atoms with van der Waals surface area (Å²) in [5, 5.41) is 8.64. The van der Waals surface area contributed by atoms with Crippen LogP contribution in [0.2, 0.25) is 0 Å². The highest BCUT2D eigenvalue weighted by atomic mass is 35.5. The van der Waals surface area contributed by atoms with Gasteiger partial charge in [-0.2, -0.15) is 0 Å². The second-order valence-corrected chi connectivity index (χ2v) is 2.83. The Labute approximate surface area is 100.0 Å². The lowest BCUT2D eigenvalue weighted by molar-refractivity contribution is -0.0000215. The van der Waals surface area contributed by atoms with E-state index in [0.717, 1.165) is 0 Å². The smallest absolute Gasteiger partial charge is 0.399 e. The zero-order valence-corrected chi connectivity index (χ0v) is 9.35. The SMILES string of the molecule is C=CCCOC(=O)c1ccccc1[N+]#N.[Cl-]. The first-order chi connectivity index (χ1) is 7.29. The Morgan fingerprint density at radius 3 is 2.81 bits per heavy atom. The molecule has 0 aliphatic rings. The highest BCUT2D eigenvalue weighted by Crippen LogP contribution is 2.19. The second kappa shape index (κ2) is 7.43. The van der Waals surface area contributed by atoms with Gasteiger partial charge < -0.3 is 17.1 Å². The van der Waals surface area contributed by atoms with Gasteiger partial charge in [0.15, 0.2) is 10.5 Å². The molecule has 4 nitrogen and oxygen atoms in total. The molecular weight excluding hydrogens is 228 g/mol. The third-order valence-electron chi connectivity index (χ3n) is 1.79. The molecule has 0 saturated heterocycles. The minimum absolute atomic E-state index is 0. The molecule has 1 aromatic rings. The summed E-state index contributed by atoms with van der Waals surface area (Å²) in [6, 6.07) is 6.43. The first-order valence-electron chi connectivity index (χ1n) is 4.51. The maximum absolute atomic E-state index is 11.5. The van der Waals surface area contributed by atoms with E-state index >= 15 is 0 Å². The Hall–Kier alpha value is -1.86. The van der Waals surface area contributed by atoms with E-state index < -0.39 is 5.97 Å². The van der Waals surface area contributed by atoms with Crippen LogP contribution in [-0.2, 0) is 4.74 Å². The molecule has 1 rings (SSSR count). The van der Waals surface area contributed by atoms with Gasteiger partial charge in [-0.05, 0) is 12.5 Å². The number of esters is 1. The summed E-state index contributed by atoms with van der Waals surface area (Å²) in [6.07, 6.45) is 2.26. The minimum Gasteiger partial charge on any atom is -1.00 e. The zero-order valence-electron chi connectivity index (χ0n) is 8.60. The van der Waals surface area contributed by atoms with Crippen LogP contribution in [0.25, 0.3) is 4.98 Å². The molecule has 16 heavy (non-hydrogen) atoms. The zero-order chi connectivity index (χ0) is 11.1. The monoisotopic (exact) mass is 238 g/mol. The molecule has 0 aromatic heterocycles. The van der Waals surface area contributed by atoms with E-state index in [1.165, 1.54) is 6.07 Å². The predicted octanol–water partition coefficient (Wildman–Crippen LogP) is -0.0919. The van der Waals surface area contributed by atoms with Gasteiger partial charge in [0.25, 0.3) is 0 Å². The molecular formula is C11H11ClN2O2. The normalized spacial score (nSPS) is 8.44. The van der Waals surface area contributed by atoms with E-state index in [1.54, 1.807) is 24.3 Å². The summed E-state index contributed by atoms with van der Waals surface area (Å²) >= 11 is 0. The van der Waals surface area contributed by atoms with Crippen molar-refractivity contribution in [3.63, 3.8) is 0 Å². The van der Waals surface area contributed by atoms with E-state index in [0.29, 0.717) is 6.42 Å². The van der Waals surface area contributed by atoms with Gasteiger partial charge in [-0.15, -0.1) is 6.58 Å². The molecule has 0 N–H and O–H groups in total. The quantitative estimate of drug-likeness (QED) is 0.319. The van der Waals surface area contributed by atoms with Crippen LogP contribution in [-0.4, -0.2) is 12.6 Å². The number of ether oxygens (including phenoxy) is 1. The molecule has 0 heterocycles. The fraction of sp³-hybridized carbons (Fsp3) is 0.182. The van der Waals surface area contributed by atoms with Crippen molar-refractivity contribution in [2.24, 2.45) is 0 Å². The molecule has 0 aliphatic carbocycles. The largest absolute Gasteiger partial charge is 1.00 e. The molecule has 0 saturated carbocycles. The van der Waals surface area contributed by atoms with Crippen molar-refractivity contribution < 1.29 is 21.9 Å². The highest BCUT2D eigenvalue weighted by Gasteiger charge is 2.20. The minimum atomic E-state index is -0.495. The van der Waals surface area contributed by atoms with Gasteiger partial charge in [0, 0.05) is 6.07 Å². The highest BCUT2D eigenvalue weighted by molar-refractivity contribution is 5.95. The number of carbonyl (C=O) groups is 1. The van der Waals surface area contributed by atoms with Gasteiger partial charge in [-0.25, -0.2) is 4.79 Å². The molecule has 0 amide bonds. The maximum atomic E-state index is 11.5. The molecule has 0 fully saturated rings. The maximum Gasteiger partial charge on any atom is 0.399 e.